The van der Waals surface area contributed by atoms with Crippen LogP contribution in [0, 0.1) is 0 Å². The van der Waals surface area contributed by atoms with Gasteiger partial charge >= 0.3 is 0 Å². The summed E-state index contributed by atoms with van der Waals surface area (Å²) in [7, 11) is -1.41. The topological polar surface area (TPSA) is 84.5 Å². The van der Waals surface area contributed by atoms with Gasteiger partial charge in [0.25, 0.3) is 0 Å². The molecule has 0 aliphatic carbocycles. The molecule has 0 aromatic carbocycles. The smallest absolute Gasteiger partial charge is 0.221 e. The Morgan fingerprint density at radius 3 is 2.72 bits per heavy atom. The minimum atomic E-state index is -2.99. The van der Waals surface area contributed by atoms with Crippen LogP contribution in [0.4, 0.5) is 0 Å². The van der Waals surface area contributed by atoms with Crippen LogP contribution in [-0.2, 0) is 19.4 Å². The Morgan fingerprint density at radius 1 is 1.50 bits per heavy atom. The average Bonchev–Trinajstić information content (AvgIpc) is 2.25. The first-order valence-electron chi connectivity index (χ1n) is 6.00. The average molecular weight is 278 g/mol. The number of methoxy groups -OCH3 is 1. The number of amides is 1. The highest BCUT2D eigenvalue weighted by Crippen LogP contribution is 2.07. The van der Waals surface area contributed by atoms with Crippen molar-refractivity contribution in [3.63, 3.8) is 0 Å². The minimum absolute atomic E-state index is 0.0358. The molecule has 18 heavy (non-hydrogen) atoms. The van der Waals surface area contributed by atoms with Crippen molar-refractivity contribution in [2.24, 2.45) is 0 Å². The van der Waals surface area contributed by atoms with E-state index < -0.39 is 15.4 Å². The van der Waals surface area contributed by atoms with E-state index in [-0.39, 0.29) is 29.9 Å². The van der Waals surface area contributed by atoms with Gasteiger partial charge in [-0.1, -0.05) is 0 Å². The molecule has 6 nitrogen and oxygen atoms in total. The normalized spacial score (nSPS) is 23.6. The highest BCUT2D eigenvalue weighted by molar-refractivity contribution is 7.91. The van der Waals surface area contributed by atoms with Crippen molar-refractivity contribution in [3.05, 3.63) is 0 Å². The summed E-state index contributed by atoms with van der Waals surface area (Å²) in [5, 5.41) is 5.80. The van der Waals surface area contributed by atoms with E-state index in [9.17, 15) is 13.2 Å². The zero-order valence-corrected chi connectivity index (χ0v) is 12.0. The molecule has 0 aromatic rings. The van der Waals surface area contributed by atoms with Gasteiger partial charge in [-0.25, -0.2) is 8.42 Å². The van der Waals surface area contributed by atoms with Crippen LogP contribution >= 0.6 is 0 Å². The van der Waals surface area contributed by atoms with Crippen molar-refractivity contribution in [2.75, 3.05) is 31.7 Å². The zero-order valence-electron chi connectivity index (χ0n) is 11.2. The van der Waals surface area contributed by atoms with Crippen LogP contribution in [-0.4, -0.2) is 57.7 Å². The fourth-order valence-electron chi connectivity index (χ4n) is 1.68. The Hall–Kier alpha value is -0.660. The molecule has 1 atom stereocenters. The molecular formula is C11H22N2O4S. The van der Waals surface area contributed by atoms with Crippen LogP contribution in [0.1, 0.15) is 20.3 Å². The summed E-state index contributed by atoms with van der Waals surface area (Å²) in [5.74, 6) is 0.0327. The van der Waals surface area contributed by atoms with Gasteiger partial charge in [0.15, 0.2) is 9.84 Å². The molecule has 1 rings (SSSR count). The number of ether oxygens (including phenoxy) is 1. The van der Waals surface area contributed by atoms with Crippen molar-refractivity contribution in [1.82, 2.24) is 10.6 Å². The van der Waals surface area contributed by atoms with Crippen molar-refractivity contribution in [1.29, 1.82) is 0 Å². The zero-order chi connectivity index (χ0) is 13.8. The van der Waals surface area contributed by atoms with Crippen LogP contribution < -0.4 is 10.6 Å². The molecule has 1 saturated heterocycles. The van der Waals surface area contributed by atoms with E-state index in [1.54, 1.807) is 7.11 Å². The van der Waals surface area contributed by atoms with Crippen LogP contribution in [0.2, 0.25) is 0 Å². The fourth-order valence-corrected chi connectivity index (χ4v) is 3.12. The maximum Gasteiger partial charge on any atom is 0.221 e. The quantitative estimate of drug-likeness (QED) is 0.695. The minimum Gasteiger partial charge on any atom is -0.377 e. The summed E-state index contributed by atoms with van der Waals surface area (Å²) in [5.41, 5.74) is -0.415. The number of sulfone groups is 1. The Bertz CT molecular complexity index is 392. The van der Waals surface area contributed by atoms with Crippen molar-refractivity contribution >= 4 is 15.7 Å². The highest BCUT2D eigenvalue weighted by atomic mass is 32.2. The second-order valence-electron chi connectivity index (χ2n) is 5.21. The Morgan fingerprint density at radius 2 is 2.17 bits per heavy atom. The molecule has 1 unspecified atom stereocenters. The molecule has 0 aromatic heterocycles. The van der Waals surface area contributed by atoms with Gasteiger partial charge < -0.3 is 15.4 Å². The van der Waals surface area contributed by atoms with Gasteiger partial charge in [0.05, 0.1) is 17.1 Å². The van der Waals surface area contributed by atoms with Crippen LogP contribution in [0.25, 0.3) is 0 Å². The van der Waals surface area contributed by atoms with Gasteiger partial charge in [-0.2, -0.15) is 0 Å². The molecule has 7 heteroatoms. The number of carbonyl (C=O) groups excluding carboxylic acids is 1. The van der Waals surface area contributed by atoms with E-state index in [4.69, 9.17) is 4.74 Å². The van der Waals surface area contributed by atoms with Gasteiger partial charge in [0.1, 0.15) is 0 Å². The fraction of sp³-hybridized carbons (Fsp3) is 0.909. The molecular weight excluding hydrogens is 256 g/mol. The lowest BCUT2D eigenvalue weighted by Crippen LogP contribution is -2.48. The molecule has 1 aliphatic rings. The predicted molar refractivity (Wildman–Crippen MR) is 69.2 cm³/mol. The Labute approximate surface area is 108 Å². The second-order valence-corrected chi connectivity index (χ2v) is 7.44. The van der Waals surface area contributed by atoms with Crippen molar-refractivity contribution < 1.29 is 17.9 Å². The maximum atomic E-state index is 11.7. The molecule has 1 aliphatic heterocycles. The molecule has 1 fully saturated rings. The number of rotatable bonds is 5. The number of hydrogen-bond acceptors (Lipinski definition) is 5. The Balaban J connectivity index is 2.37. The van der Waals surface area contributed by atoms with Gasteiger partial charge in [-0.3, -0.25) is 4.79 Å². The molecule has 0 radical (unpaired) electrons. The summed E-state index contributed by atoms with van der Waals surface area (Å²) in [6.07, 6.45) is 0.180. The van der Waals surface area contributed by atoms with Gasteiger partial charge in [-0.05, 0) is 13.8 Å². The number of nitrogens with one attached hydrogen (secondary N) is 2. The lowest BCUT2D eigenvalue weighted by molar-refractivity contribution is -0.122. The highest BCUT2D eigenvalue weighted by Gasteiger charge is 2.26. The SMILES string of the molecule is COC(C)(C)CNC(=O)CC1CS(=O)(=O)CCN1. The molecule has 2 N–H and O–H groups in total. The second kappa shape index (κ2) is 5.99. The lowest BCUT2D eigenvalue weighted by atomic mass is 10.1. The Kier molecular flexibility index (Phi) is 5.12. The van der Waals surface area contributed by atoms with Crippen LogP contribution in [0.5, 0.6) is 0 Å². The van der Waals surface area contributed by atoms with Gasteiger partial charge in [0, 0.05) is 32.7 Å². The monoisotopic (exact) mass is 278 g/mol. The summed E-state index contributed by atoms with van der Waals surface area (Å²) in [4.78, 5) is 11.7. The standard InChI is InChI=1S/C11H22N2O4S/c1-11(2,17-3)8-13-10(14)6-9-7-18(15,16)5-4-12-9/h9,12H,4-8H2,1-3H3,(H,13,14). The molecule has 1 heterocycles. The van der Waals surface area contributed by atoms with E-state index in [0.29, 0.717) is 13.1 Å². The first kappa shape index (κ1) is 15.4. The summed E-state index contributed by atoms with van der Waals surface area (Å²) in [6.45, 7) is 4.57. The van der Waals surface area contributed by atoms with Crippen LogP contribution in [0.15, 0.2) is 0 Å². The summed E-state index contributed by atoms with van der Waals surface area (Å²) < 4.78 is 28.0. The third kappa shape index (κ3) is 5.32. The van der Waals surface area contributed by atoms with Crippen LogP contribution in [0.3, 0.4) is 0 Å². The van der Waals surface area contributed by atoms with Crippen molar-refractivity contribution in [3.8, 4) is 0 Å². The molecule has 0 spiro atoms. The van der Waals surface area contributed by atoms with E-state index in [2.05, 4.69) is 10.6 Å². The predicted octanol–water partition coefficient (Wildman–Crippen LogP) is -0.696. The van der Waals surface area contributed by atoms with E-state index in [1.807, 2.05) is 13.8 Å². The molecule has 0 saturated carbocycles. The van der Waals surface area contributed by atoms with E-state index >= 15 is 0 Å². The third-order valence-electron chi connectivity index (χ3n) is 3.00. The molecule has 1 amide bonds. The van der Waals surface area contributed by atoms with Gasteiger partial charge in [-0.15, -0.1) is 0 Å². The number of hydrogen-bond donors (Lipinski definition) is 2. The third-order valence-corrected chi connectivity index (χ3v) is 4.73. The van der Waals surface area contributed by atoms with Gasteiger partial charge in [0.2, 0.25) is 5.91 Å². The first-order chi connectivity index (χ1) is 8.24. The lowest BCUT2D eigenvalue weighted by Gasteiger charge is -2.25. The molecule has 0 bridgehead atoms. The molecule has 106 valence electrons. The number of carbonyl (C=O) groups is 1. The summed E-state index contributed by atoms with van der Waals surface area (Å²) in [6, 6.07) is -0.283. The maximum absolute atomic E-state index is 11.7. The summed E-state index contributed by atoms with van der Waals surface area (Å²) >= 11 is 0. The van der Waals surface area contributed by atoms with E-state index in [1.165, 1.54) is 0 Å². The van der Waals surface area contributed by atoms with Crippen molar-refractivity contribution in [2.45, 2.75) is 31.9 Å². The van der Waals surface area contributed by atoms with E-state index in [0.717, 1.165) is 0 Å². The first-order valence-corrected chi connectivity index (χ1v) is 7.82. The largest absolute Gasteiger partial charge is 0.377 e.